The standard InChI is InChI=1S/C25H35N3O4S/c1-24-11-9-17(32-33(4,30)31)13-16(24)5-6-18-19-7-8-22(25(19,2)12-10-20(18)24)28-14-21(27-15-28)23(29)26-3/h5,8,14-15,17-20H,6-7,9-13H2,1-4H3,(H,26,29)/t17-,18?,19?,20?,24-,25-/m0/s1. The number of allylic oxidation sites excluding steroid dienone is 3. The third kappa shape index (κ3) is 3.70. The maximum Gasteiger partial charge on any atom is 0.271 e. The van der Waals surface area contributed by atoms with Gasteiger partial charge in [0.25, 0.3) is 16.0 Å². The Hall–Kier alpha value is -1.93. The molecule has 2 fully saturated rings. The number of nitrogens with zero attached hydrogens (tertiary/aromatic N) is 2. The maximum atomic E-state index is 12.0. The van der Waals surface area contributed by atoms with Gasteiger partial charge in [-0.25, -0.2) is 4.98 Å². The second-order valence-corrected chi connectivity index (χ2v) is 12.6. The second-order valence-electron chi connectivity index (χ2n) is 11.0. The van der Waals surface area contributed by atoms with Crippen molar-refractivity contribution in [2.75, 3.05) is 13.3 Å². The van der Waals surface area contributed by atoms with Crippen LogP contribution in [0.3, 0.4) is 0 Å². The number of carbonyl (C=O) groups is 1. The van der Waals surface area contributed by atoms with Crippen molar-refractivity contribution in [3.63, 3.8) is 0 Å². The van der Waals surface area contributed by atoms with Gasteiger partial charge in [-0.3, -0.25) is 8.98 Å². The van der Waals surface area contributed by atoms with E-state index in [4.69, 9.17) is 4.18 Å². The predicted molar refractivity (Wildman–Crippen MR) is 127 cm³/mol. The lowest BCUT2D eigenvalue weighted by molar-refractivity contribution is -0.0217. The lowest BCUT2D eigenvalue weighted by Gasteiger charge is -2.57. The van der Waals surface area contributed by atoms with Crippen molar-refractivity contribution in [2.24, 2.45) is 28.6 Å². The van der Waals surface area contributed by atoms with Crippen LogP contribution >= 0.6 is 0 Å². The van der Waals surface area contributed by atoms with Crippen molar-refractivity contribution in [3.05, 3.63) is 35.9 Å². The predicted octanol–water partition coefficient (Wildman–Crippen LogP) is 4.00. The van der Waals surface area contributed by atoms with Crippen LogP contribution in [0.5, 0.6) is 0 Å². The Balaban J connectivity index is 1.38. The summed E-state index contributed by atoms with van der Waals surface area (Å²) in [5.41, 5.74) is 3.33. The van der Waals surface area contributed by atoms with E-state index in [1.165, 1.54) is 11.3 Å². The number of rotatable bonds is 4. The molecule has 0 saturated heterocycles. The Labute approximate surface area is 196 Å². The molecule has 7 nitrogen and oxygen atoms in total. The highest BCUT2D eigenvalue weighted by Gasteiger charge is 2.57. The van der Waals surface area contributed by atoms with E-state index >= 15 is 0 Å². The van der Waals surface area contributed by atoms with E-state index in [9.17, 15) is 13.2 Å². The molecule has 33 heavy (non-hydrogen) atoms. The molecular weight excluding hydrogens is 438 g/mol. The summed E-state index contributed by atoms with van der Waals surface area (Å²) < 4.78 is 30.7. The normalized spacial score (nSPS) is 37.9. The van der Waals surface area contributed by atoms with Gasteiger partial charge in [0, 0.05) is 24.4 Å². The monoisotopic (exact) mass is 473 g/mol. The molecule has 1 amide bonds. The first-order valence-electron chi connectivity index (χ1n) is 12.1. The Morgan fingerprint density at radius 2 is 1.91 bits per heavy atom. The average Bonchev–Trinajstić information content (AvgIpc) is 3.36. The van der Waals surface area contributed by atoms with Crippen molar-refractivity contribution in [1.82, 2.24) is 14.9 Å². The topological polar surface area (TPSA) is 90.3 Å². The van der Waals surface area contributed by atoms with Crippen molar-refractivity contribution >= 4 is 21.7 Å². The zero-order chi connectivity index (χ0) is 23.6. The van der Waals surface area contributed by atoms with Gasteiger partial charge >= 0.3 is 0 Å². The molecular formula is C25H35N3O4S. The van der Waals surface area contributed by atoms with Crippen molar-refractivity contribution in [2.45, 2.75) is 64.9 Å². The molecule has 4 aliphatic carbocycles. The van der Waals surface area contributed by atoms with E-state index in [2.05, 4.69) is 40.9 Å². The van der Waals surface area contributed by atoms with Crippen LogP contribution in [0.25, 0.3) is 5.70 Å². The smallest absolute Gasteiger partial charge is 0.271 e. The second kappa shape index (κ2) is 7.80. The Morgan fingerprint density at radius 3 is 2.64 bits per heavy atom. The third-order valence-corrected chi connectivity index (χ3v) is 9.85. The van der Waals surface area contributed by atoms with Crippen LogP contribution in [-0.4, -0.2) is 43.3 Å². The molecule has 1 N–H and O–H groups in total. The van der Waals surface area contributed by atoms with E-state index in [1.807, 2.05) is 6.20 Å². The van der Waals surface area contributed by atoms with Gasteiger partial charge in [-0.2, -0.15) is 8.42 Å². The van der Waals surface area contributed by atoms with Gasteiger partial charge in [0.15, 0.2) is 0 Å². The highest BCUT2D eigenvalue weighted by molar-refractivity contribution is 7.86. The van der Waals surface area contributed by atoms with E-state index < -0.39 is 10.1 Å². The van der Waals surface area contributed by atoms with Gasteiger partial charge in [-0.05, 0) is 68.1 Å². The number of carbonyl (C=O) groups excluding carboxylic acids is 1. The van der Waals surface area contributed by atoms with Crippen LogP contribution < -0.4 is 5.32 Å². The van der Waals surface area contributed by atoms with Crippen LogP contribution in [-0.2, 0) is 14.3 Å². The average molecular weight is 474 g/mol. The van der Waals surface area contributed by atoms with Gasteiger partial charge in [0.05, 0.1) is 18.7 Å². The maximum absolute atomic E-state index is 12.0. The number of fused-ring (bicyclic) bond motifs is 5. The summed E-state index contributed by atoms with van der Waals surface area (Å²) in [5.74, 6) is 1.63. The molecule has 6 atom stereocenters. The van der Waals surface area contributed by atoms with Gasteiger partial charge in [-0.15, -0.1) is 0 Å². The highest BCUT2D eigenvalue weighted by atomic mass is 32.2. The molecule has 0 aromatic carbocycles. The van der Waals surface area contributed by atoms with Crippen molar-refractivity contribution in [3.8, 4) is 0 Å². The van der Waals surface area contributed by atoms with Gasteiger partial charge in [-0.1, -0.05) is 31.6 Å². The summed E-state index contributed by atoms with van der Waals surface area (Å²) in [6.45, 7) is 4.80. The minimum atomic E-state index is -3.43. The molecule has 1 aromatic heterocycles. The molecule has 8 heteroatoms. The molecule has 1 heterocycles. The summed E-state index contributed by atoms with van der Waals surface area (Å²) in [4.78, 5) is 16.3. The van der Waals surface area contributed by atoms with Crippen LogP contribution in [0.2, 0.25) is 0 Å². The molecule has 0 spiro atoms. The number of nitrogens with one attached hydrogen (secondary N) is 1. The van der Waals surface area contributed by atoms with Gasteiger partial charge in [0.1, 0.15) is 5.69 Å². The van der Waals surface area contributed by atoms with Crippen LogP contribution in [0.4, 0.5) is 0 Å². The third-order valence-electron chi connectivity index (χ3n) is 9.23. The minimum Gasteiger partial charge on any atom is -0.354 e. The molecule has 180 valence electrons. The van der Waals surface area contributed by atoms with E-state index in [0.717, 1.165) is 51.2 Å². The number of hydrogen-bond donors (Lipinski definition) is 1. The molecule has 3 unspecified atom stereocenters. The molecule has 0 radical (unpaired) electrons. The minimum absolute atomic E-state index is 0.0696. The lowest BCUT2D eigenvalue weighted by atomic mass is 9.48. The quantitative estimate of drug-likeness (QED) is 0.527. The molecule has 1 aromatic rings. The zero-order valence-electron chi connectivity index (χ0n) is 20.0. The molecule has 4 aliphatic rings. The summed E-state index contributed by atoms with van der Waals surface area (Å²) in [6, 6.07) is 0. The van der Waals surface area contributed by atoms with Gasteiger partial charge in [0.2, 0.25) is 0 Å². The Kier molecular flexibility index (Phi) is 5.40. The fourth-order valence-corrected chi connectivity index (χ4v) is 8.26. The Morgan fingerprint density at radius 1 is 1.15 bits per heavy atom. The molecule has 0 bridgehead atoms. The van der Waals surface area contributed by atoms with E-state index in [0.29, 0.717) is 23.4 Å². The van der Waals surface area contributed by atoms with E-state index in [1.54, 1.807) is 13.4 Å². The first-order valence-corrected chi connectivity index (χ1v) is 13.9. The number of aromatic nitrogens is 2. The summed E-state index contributed by atoms with van der Waals surface area (Å²) >= 11 is 0. The number of imidazole rings is 1. The fraction of sp³-hybridized carbons (Fsp3) is 0.680. The zero-order valence-corrected chi connectivity index (χ0v) is 20.8. The SMILES string of the molecule is CNC(=O)c1cn(C2=CCC3C4CC=C5C[C@@H](OS(C)(=O)=O)CC[C@]5(C)C4CC[C@]23C)cn1. The van der Waals surface area contributed by atoms with Crippen LogP contribution in [0, 0.1) is 28.6 Å². The summed E-state index contributed by atoms with van der Waals surface area (Å²) in [7, 11) is -1.80. The number of hydrogen-bond acceptors (Lipinski definition) is 5. The van der Waals surface area contributed by atoms with Crippen LogP contribution in [0.1, 0.15) is 69.3 Å². The fourth-order valence-electron chi connectivity index (χ4n) is 7.60. The van der Waals surface area contributed by atoms with Crippen LogP contribution in [0.15, 0.2) is 30.2 Å². The van der Waals surface area contributed by atoms with Crippen molar-refractivity contribution < 1.29 is 17.4 Å². The molecule has 2 saturated carbocycles. The number of amides is 1. The first kappa shape index (κ1) is 22.8. The lowest BCUT2D eigenvalue weighted by Crippen LogP contribution is -2.50. The Bertz CT molecular complexity index is 1140. The van der Waals surface area contributed by atoms with Crippen molar-refractivity contribution in [1.29, 1.82) is 0 Å². The van der Waals surface area contributed by atoms with Gasteiger partial charge < -0.3 is 9.88 Å². The van der Waals surface area contributed by atoms with E-state index in [-0.39, 0.29) is 22.8 Å². The largest absolute Gasteiger partial charge is 0.354 e. The molecule has 5 rings (SSSR count). The highest BCUT2D eigenvalue weighted by Crippen LogP contribution is 2.65. The summed E-state index contributed by atoms with van der Waals surface area (Å²) in [6.07, 6.45) is 16.2. The summed E-state index contributed by atoms with van der Waals surface area (Å²) in [5, 5.41) is 2.65. The molecule has 0 aliphatic heterocycles. The first-order chi connectivity index (χ1) is 15.5.